The number of hydrogen-bond donors (Lipinski definition) is 0. The van der Waals surface area contributed by atoms with E-state index in [1.54, 1.807) is 0 Å². The number of likely N-dealkylation sites (tertiary alicyclic amines) is 1. The summed E-state index contributed by atoms with van der Waals surface area (Å²) in [6.45, 7) is 2.26. The maximum Gasteiger partial charge on any atom is 0.160 e. The van der Waals surface area contributed by atoms with E-state index in [0.717, 1.165) is 17.7 Å². The number of hydrogen-bond acceptors (Lipinski definition) is 4. The maximum absolute atomic E-state index is 4.95. The zero-order chi connectivity index (χ0) is 14.9. The van der Waals surface area contributed by atoms with E-state index in [2.05, 4.69) is 39.3 Å². The molecule has 4 nitrogen and oxygen atoms in total. The highest BCUT2D eigenvalue weighted by atomic mass is 32.2. The van der Waals surface area contributed by atoms with Gasteiger partial charge >= 0.3 is 0 Å². The van der Waals surface area contributed by atoms with Gasteiger partial charge in [-0.2, -0.15) is 11.8 Å². The second kappa shape index (κ2) is 6.20. The van der Waals surface area contributed by atoms with Gasteiger partial charge in [0.05, 0.1) is 5.25 Å². The van der Waals surface area contributed by atoms with Crippen molar-refractivity contribution < 1.29 is 0 Å². The van der Waals surface area contributed by atoms with Crippen LogP contribution in [0.5, 0.6) is 0 Å². The van der Waals surface area contributed by atoms with Gasteiger partial charge in [-0.05, 0) is 57.2 Å². The van der Waals surface area contributed by atoms with E-state index in [1.807, 2.05) is 12.3 Å². The molecule has 2 fully saturated rings. The first kappa shape index (κ1) is 14.5. The van der Waals surface area contributed by atoms with Crippen LogP contribution in [0.3, 0.4) is 0 Å². The lowest BCUT2D eigenvalue weighted by atomic mass is 10.0. The zero-order valence-corrected chi connectivity index (χ0v) is 14.1. The Hall–Kier alpha value is -1.07. The molecule has 4 rings (SSSR count). The van der Waals surface area contributed by atoms with Gasteiger partial charge in [-0.1, -0.05) is 6.42 Å². The molecule has 0 aromatic carbocycles. The molecule has 0 amide bonds. The van der Waals surface area contributed by atoms with E-state index in [4.69, 9.17) is 4.98 Å². The Morgan fingerprint density at radius 2 is 2.23 bits per heavy atom. The Bertz CT molecular complexity index is 647. The van der Waals surface area contributed by atoms with Crippen LogP contribution in [0.25, 0.3) is 11.2 Å². The SMILES string of the molecule is CN1CCCCC1Cn1c(C2CCCS2)nc2cccnc21. The summed E-state index contributed by atoms with van der Waals surface area (Å²) in [7, 11) is 2.26. The fourth-order valence-electron chi connectivity index (χ4n) is 3.77. The quantitative estimate of drug-likeness (QED) is 0.868. The van der Waals surface area contributed by atoms with E-state index in [9.17, 15) is 0 Å². The zero-order valence-electron chi connectivity index (χ0n) is 13.2. The Morgan fingerprint density at radius 3 is 3.05 bits per heavy atom. The van der Waals surface area contributed by atoms with Crippen molar-refractivity contribution in [2.24, 2.45) is 0 Å². The van der Waals surface area contributed by atoms with Crippen LogP contribution in [0, 0.1) is 0 Å². The van der Waals surface area contributed by atoms with Crippen molar-refractivity contribution >= 4 is 22.9 Å². The van der Waals surface area contributed by atoms with Crippen LogP contribution in [-0.2, 0) is 6.54 Å². The highest BCUT2D eigenvalue weighted by molar-refractivity contribution is 7.99. The van der Waals surface area contributed by atoms with E-state index in [1.165, 1.54) is 50.2 Å². The van der Waals surface area contributed by atoms with E-state index in [0.29, 0.717) is 11.3 Å². The number of rotatable bonds is 3. The number of pyridine rings is 1. The minimum atomic E-state index is 0.558. The van der Waals surface area contributed by atoms with Gasteiger partial charge in [-0.15, -0.1) is 0 Å². The Morgan fingerprint density at radius 1 is 1.27 bits per heavy atom. The first-order chi connectivity index (χ1) is 10.8. The normalized spacial score (nSPS) is 26.8. The van der Waals surface area contributed by atoms with Crippen LogP contribution in [0.4, 0.5) is 0 Å². The van der Waals surface area contributed by atoms with Crippen LogP contribution in [0.2, 0.25) is 0 Å². The molecular weight excluding hydrogens is 292 g/mol. The first-order valence-electron chi connectivity index (χ1n) is 8.46. The van der Waals surface area contributed by atoms with Crippen LogP contribution < -0.4 is 0 Å². The van der Waals surface area contributed by atoms with E-state index < -0.39 is 0 Å². The molecule has 2 aromatic rings. The Balaban J connectivity index is 1.71. The van der Waals surface area contributed by atoms with Gasteiger partial charge in [0.1, 0.15) is 11.3 Å². The second-order valence-electron chi connectivity index (χ2n) is 6.56. The summed E-state index contributed by atoms with van der Waals surface area (Å²) >= 11 is 2.06. The Kier molecular flexibility index (Phi) is 4.09. The van der Waals surface area contributed by atoms with Crippen molar-refractivity contribution in [1.29, 1.82) is 0 Å². The van der Waals surface area contributed by atoms with Crippen LogP contribution in [0.1, 0.15) is 43.2 Å². The number of thioether (sulfide) groups is 1. The summed E-state index contributed by atoms with van der Waals surface area (Å²) in [5.74, 6) is 2.53. The summed E-state index contributed by atoms with van der Waals surface area (Å²) in [5, 5.41) is 0.558. The van der Waals surface area contributed by atoms with Crippen LogP contribution in [-0.4, -0.2) is 44.8 Å². The second-order valence-corrected chi connectivity index (χ2v) is 7.87. The monoisotopic (exact) mass is 316 g/mol. The Labute approximate surface area is 136 Å². The van der Waals surface area contributed by atoms with Crippen molar-refractivity contribution in [1.82, 2.24) is 19.4 Å². The van der Waals surface area contributed by atoms with Gasteiger partial charge in [0.2, 0.25) is 0 Å². The molecule has 22 heavy (non-hydrogen) atoms. The number of imidazole rings is 1. The fraction of sp³-hybridized carbons (Fsp3) is 0.647. The molecule has 5 heteroatoms. The fourth-order valence-corrected chi connectivity index (χ4v) is 5.05. The lowest BCUT2D eigenvalue weighted by Crippen LogP contribution is -2.39. The molecule has 118 valence electrons. The molecule has 2 atom stereocenters. The summed E-state index contributed by atoms with van der Waals surface area (Å²) in [6, 6.07) is 4.73. The van der Waals surface area contributed by atoms with Gasteiger partial charge < -0.3 is 9.47 Å². The van der Waals surface area contributed by atoms with Crippen molar-refractivity contribution in [2.75, 3.05) is 19.3 Å². The maximum atomic E-state index is 4.95. The molecule has 0 bridgehead atoms. The molecule has 2 aliphatic rings. The minimum absolute atomic E-state index is 0.558. The van der Waals surface area contributed by atoms with Crippen molar-refractivity contribution in [3.05, 3.63) is 24.2 Å². The molecule has 2 unspecified atom stereocenters. The summed E-state index contributed by atoms with van der Waals surface area (Å²) in [4.78, 5) is 12.1. The van der Waals surface area contributed by atoms with E-state index in [-0.39, 0.29) is 0 Å². The molecule has 2 aliphatic heterocycles. The molecule has 4 heterocycles. The number of aromatic nitrogens is 3. The summed E-state index contributed by atoms with van der Waals surface area (Å²) in [5.41, 5.74) is 2.13. The third kappa shape index (κ3) is 2.65. The molecule has 2 saturated heterocycles. The third-order valence-corrected chi connectivity index (χ3v) is 6.44. The third-order valence-electron chi connectivity index (χ3n) is 5.07. The highest BCUT2D eigenvalue weighted by Gasteiger charge is 2.27. The van der Waals surface area contributed by atoms with Gasteiger partial charge in [-0.3, -0.25) is 0 Å². The average Bonchev–Trinajstić information content (AvgIpc) is 3.17. The average molecular weight is 316 g/mol. The molecule has 0 saturated carbocycles. The largest absolute Gasteiger partial charge is 0.310 e. The highest BCUT2D eigenvalue weighted by Crippen LogP contribution is 2.40. The van der Waals surface area contributed by atoms with Gasteiger partial charge in [-0.25, -0.2) is 9.97 Å². The predicted octanol–water partition coefficient (Wildman–Crippen LogP) is 3.48. The summed E-state index contributed by atoms with van der Waals surface area (Å²) in [6.07, 6.45) is 8.45. The number of likely N-dealkylation sites (N-methyl/N-ethyl adjacent to an activating group) is 1. The van der Waals surface area contributed by atoms with Gasteiger partial charge in [0.25, 0.3) is 0 Å². The van der Waals surface area contributed by atoms with Crippen molar-refractivity contribution in [3.63, 3.8) is 0 Å². The van der Waals surface area contributed by atoms with Crippen LogP contribution in [0.15, 0.2) is 18.3 Å². The first-order valence-corrected chi connectivity index (χ1v) is 9.51. The molecule has 0 radical (unpaired) electrons. The lowest BCUT2D eigenvalue weighted by molar-refractivity contribution is 0.167. The molecular formula is C17H24N4S. The smallest absolute Gasteiger partial charge is 0.160 e. The summed E-state index contributed by atoms with van der Waals surface area (Å²) < 4.78 is 2.42. The molecule has 0 spiro atoms. The minimum Gasteiger partial charge on any atom is -0.310 e. The molecule has 0 aliphatic carbocycles. The molecule has 0 N–H and O–H groups in total. The number of fused-ring (bicyclic) bond motifs is 1. The molecule has 2 aromatic heterocycles. The lowest BCUT2D eigenvalue weighted by Gasteiger charge is -2.33. The number of piperidine rings is 1. The number of nitrogens with zero attached hydrogens (tertiary/aromatic N) is 4. The topological polar surface area (TPSA) is 34.0 Å². The van der Waals surface area contributed by atoms with Gasteiger partial charge in [0, 0.05) is 18.8 Å². The standard InChI is InChI=1S/C17H24N4S/c1-20-10-3-2-6-13(20)12-21-16-14(7-4-9-18-16)19-17(21)15-8-5-11-22-15/h4,7,9,13,15H,2-3,5-6,8,10-12H2,1H3. The van der Waals surface area contributed by atoms with Crippen molar-refractivity contribution in [3.8, 4) is 0 Å². The predicted molar refractivity (Wildman–Crippen MR) is 92.2 cm³/mol. The van der Waals surface area contributed by atoms with E-state index >= 15 is 0 Å². The van der Waals surface area contributed by atoms with Gasteiger partial charge in [0.15, 0.2) is 5.65 Å². The van der Waals surface area contributed by atoms with Crippen LogP contribution >= 0.6 is 11.8 Å². The van der Waals surface area contributed by atoms with Crippen molar-refractivity contribution in [2.45, 2.75) is 49.9 Å².